The molecule has 0 radical (unpaired) electrons. The molecular weight excluding hydrogens is 485 g/mol. The fraction of sp³-hybridized carbons (Fsp3) is 0.231. The number of benzene rings is 2. The SMILES string of the molecule is Nc1nc(=O)n(C2OC(COC(=O)c3ccccc3)C(OC(=O)c3ccccc3)C2F)cc1/C=C/CO. The van der Waals surface area contributed by atoms with Crippen molar-refractivity contribution in [2.75, 3.05) is 18.9 Å². The molecule has 0 bridgehead atoms. The quantitative estimate of drug-likeness (QED) is 0.437. The van der Waals surface area contributed by atoms with Gasteiger partial charge in [-0.15, -0.1) is 0 Å². The van der Waals surface area contributed by atoms with Gasteiger partial charge in [0, 0.05) is 11.8 Å². The van der Waals surface area contributed by atoms with Crippen LogP contribution in [0.25, 0.3) is 6.08 Å². The highest BCUT2D eigenvalue weighted by molar-refractivity contribution is 5.90. The molecule has 3 N–H and O–H groups in total. The van der Waals surface area contributed by atoms with E-state index in [9.17, 15) is 14.4 Å². The molecule has 1 fully saturated rings. The molecule has 4 unspecified atom stereocenters. The second-order valence-corrected chi connectivity index (χ2v) is 8.07. The molecule has 2 aromatic carbocycles. The lowest BCUT2D eigenvalue weighted by molar-refractivity contribution is -0.0591. The maximum atomic E-state index is 15.8. The molecule has 2 heterocycles. The molecule has 37 heavy (non-hydrogen) atoms. The zero-order valence-corrected chi connectivity index (χ0v) is 19.5. The molecule has 0 saturated carbocycles. The van der Waals surface area contributed by atoms with Gasteiger partial charge in [0.25, 0.3) is 0 Å². The summed E-state index contributed by atoms with van der Waals surface area (Å²) in [6.45, 7) is -0.748. The summed E-state index contributed by atoms with van der Waals surface area (Å²) in [6, 6.07) is 16.1. The standard InChI is InChI=1S/C26H24FN3O7/c27-20-21(37-25(33)17-10-5-2-6-11-17)19(15-35-24(32)16-8-3-1-4-9-16)36-23(20)30-14-18(12-7-13-31)22(28)29-26(30)34/h1-12,14,19-21,23,31H,13,15H2,(H2,28,29,34)/b12-7+. The number of hydrogen-bond acceptors (Lipinski definition) is 9. The van der Waals surface area contributed by atoms with Crippen molar-refractivity contribution >= 4 is 23.8 Å². The number of aliphatic hydroxyl groups is 1. The fourth-order valence-corrected chi connectivity index (χ4v) is 3.76. The summed E-state index contributed by atoms with van der Waals surface area (Å²) >= 11 is 0. The minimum atomic E-state index is -2.02. The molecule has 4 rings (SSSR count). The minimum absolute atomic E-state index is 0.125. The van der Waals surface area contributed by atoms with E-state index < -0.39 is 48.8 Å². The molecule has 3 aromatic rings. The zero-order valence-electron chi connectivity index (χ0n) is 19.5. The summed E-state index contributed by atoms with van der Waals surface area (Å²) in [5.41, 5.74) is 5.55. The van der Waals surface area contributed by atoms with E-state index in [-0.39, 0.29) is 29.1 Å². The first-order chi connectivity index (χ1) is 17.9. The average Bonchev–Trinajstić information content (AvgIpc) is 3.22. The first-order valence-electron chi connectivity index (χ1n) is 11.3. The van der Waals surface area contributed by atoms with Gasteiger partial charge in [0.15, 0.2) is 18.5 Å². The summed E-state index contributed by atoms with van der Waals surface area (Å²) in [7, 11) is 0. The normalized spacial score (nSPS) is 21.1. The second-order valence-electron chi connectivity index (χ2n) is 8.07. The summed E-state index contributed by atoms with van der Waals surface area (Å²) in [5, 5.41) is 9.04. The molecule has 11 heteroatoms. The van der Waals surface area contributed by atoms with Crippen LogP contribution in [0.1, 0.15) is 32.5 Å². The van der Waals surface area contributed by atoms with Crippen LogP contribution in [0.4, 0.5) is 10.2 Å². The lowest BCUT2D eigenvalue weighted by Crippen LogP contribution is -2.38. The van der Waals surface area contributed by atoms with Crippen LogP contribution in [-0.2, 0) is 14.2 Å². The number of halogens is 1. The third-order valence-electron chi connectivity index (χ3n) is 5.60. The van der Waals surface area contributed by atoms with Crippen molar-refractivity contribution in [2.45, 2.75) is 24.6 Å². The number of nitrogens with zero attached hydrogens (tertiary/aromatic N) is 2. The third kappa shape index (κ3) is 5.90. The van der Waals surface area contributed by atoms with Crippen LogP contribution in [0, 0.1) is 0 Å². The first-order valence-corrected chi connectivity index (χ1v) is 11.3. The Morgan fingerprint density at radius 3 is 2.32 bits per heavy atom. The maximum Gasteiger partial charge on any atom is 0.351 e. The van der Waals surface area contributed by atoms with Gasteiger partial charge in [-0.1, -0.05) is 48.6 Å². The van der Waals surface area contributed by atoms with Gasteiger partial charge in [0.05, 0.1) is 17.7 Å². The Morgan fingerprint density at radius 2 is 1.70 bits per heavy atom. The van der Waals surface area contributed by atoms with E-state index in [1.165, 1.54) is 30.5 Å². The van der Waals surface area contributed by atoms with E-state index in [0.29, 0.717) is 0 Å². The van der Waals surface area contributed by atoms with Gasteiger partial charge in [0.1, 0.15) is 18.5 Å². The van der Waals surface area contributed by atoms with Crippen molar-refractivity contribution in [3.8, 4) is 0 Å². The average molecular weight is 509 g/mol. The van der Waals surface area contributed by atoms with Gasteiger partial charge >= 0.3 is 17.6 Å². The summed E-state index contributed by atoms with van der Waals surface area (Å²) in [4.78, 5) is 41.4. The van der Waals surface area contributed by atoms with Crippen LogP contribution in [0.15, 0.2) is 77.7 Å². The number of nitrogens with two attached hydrogens (primary N) is 1. The molecule has 192 valence electrons. The Bertz CT molecular complexity index is 1330. The number of nitrogen functional groups attached to an aromatic ring is 1. The number of rotatable bonds is 8. The molecule has 4 atom stereocenters. The molecule has 1 aromatic heterocycles. The maximum absolute atomic E-state index is 15.8. The van der Waals surface area contributed by atoms with Crippen molar-refractivity contribution in [3.63, 3.8) is 0 Å². The number of anilines is 1. The Kier molecular flexibility index (Phi) is 8.06. The molecule has 10 nitrogen and oxygen atoms in total. The van der Waals surface area contributed by atoms with Crippen LogP contribution < -0.4 is 11.4 Å². The van der Waals surface area contributed by atoms with Crippen LogP contribution in [-0.4, -0.2) is 58.2 Å². The Labute approximate surface area is 210 Å². The zero-order chi connectivity index (χ0) is 26.4. The van der Waals surface area contributed by atoms with Crippen molar-refractivity contribution in [2.24, 2.45) is 0 Å². The van der Waals surface area contributed by atoms with E-state index in [2.05, 4.69) is 4.98 Å². The van der Waals surface area contributed by atoms with Crippen LogP contribution in [0.5, 0.6) is 0 Å². The second kappa shape index (κ2) is 11.6. The van der Waals surface area contributed by atoms with Crippen molar-refractivity contribution in [1.29, 1.82) is 0 Å². The highest BCUT2D eigenvalue weighted by atomic mass is 19.1. The third-order valence-corrected chi connectivity index (χ3v) is 5.60. The topological polar surface area (TPSA) is 143 Å². The molecule has 0 spiro atoms. The number of aliphatic hydroxyl groups excluding tert-OH is 1. The number of aromatic nitrogens is 2. The fourth-order valence-electron chi connectivity index (χ4n) is 3.76. The summed E-state index contributed by atoms with van der Waals surface area (Å²) in [6.07, 6.45) is -2.33. The Hall–Kier alpha value is -4.35. The molecule has 1 saturated heterocycles. The summed E-state index contributed by atoms with van der Waals surface area (Å²) < 4.78 is 33.1. The highest BCUT2D eigenvalue weighted by Crippen LogP contribution is 2.34. The van der Waals surface area contributed by atoms with E-state index >= 15 is 4.39 Å². The minimum Gasteiger partial charge on any atom is -0.459 e. The number of carbonyl (C=O) groups excluding carboxylic acids is 2. The predicted molar refractivity (Wildman–Crippen MR) is 130 cm³/mol. The Morgan fingerprint density at radius 1 is 1.08 bits per heavy atom. The molecule has 0 aliphatic carbocycles. The highest BCUT2D eigenvalue weighted by Gasteiger charge is 2.49. The monoisotopic (exact) mass is 509 g/mol. The lowest BCUT2D eigenvalue weighted by Gasteiger charge is -2.19. The van der Waals surface area contributed by atoms with Gasteiger partial charge in [-0.25, -0.2) is 18.8 Å². The summed E-state index contributed by atoms with van der Waals surface area (Å²) in [5.74, 6) is -1.62. The largest absolute Gasteiger partial charge is 0.459 e. The Balaban J connectivity index is 1.61. The van der Waals surface area contributed by atoms with E-state index in [4.69, 9.17) is 25.1 Å². The van der Waals surface area contributed by atoms with Crippen molar-refractivity contribution in [3.05, 3.63) is 100 Å². The smallest absolute Gasteiger partial charge is 0.351 e. The van der Waals surface area contributed by atoms with Gasteiger partial charge < -0.3 is 25.1 Å². The van der Waals surface area contributed by atoms with Crippen LogP contribution in [0.2, 0.25) is 0 Å². The van der Waals surface area contributed by atoms with Crippen molar-refractivity contribution < 1.29 is 33.3 Å². The van der Waals surface area contributed by atoms with Gasteiger partial charge in [0.2, 0.25) is 0 Å². The van der Waals surface area contributed by atoms with E-state index in [1.54, 1.807) is 48.5 Å². The van der Waals surface area contributed by atoms with Gasteiger partial charge in [-0.3, -0.25) is 4.57 Å². The number of esters is 2. The first kappa shape index (κ1) is 25.7. The number of carbonyl (C=O) groups is 2. The van der Waals surface area contributed by atoms with E-state index in [1.807, 2.05) is 0 Å². The lowest BCUT2D eigenvalue weighted by atomic mass is 10.1. The molecule has 1 aliphatic heterocycles. The van der Waals surface area contributed by atoms with Crippen LogP contribution >= 0.6 is 0 Å². The van der Waals surface area contributed by atoms with Crippen LogP contribution in [0.3, 0.4) is 0 Å². The predicted octanol–water partition coefficient (Wildman–Crippen LogP) is 2.15. The van der Waals surface area contributed by atoms with Crippen molar-refractivity contribution in [1.82, 2.24) is 9.55 Å². The number of alkyl halides is 1. The molecule has 0 amide bonds. The number of ether oxygens (including phenoxy) is 3. The molecule has 1 aliphatic rings. The van der Waals surface area contributed by atoms with Gasteiger partial charge in [-0.05, 0) is 24.3 Å². The number of hydrogen-bond donors (Lipinski definition) is 2. The van der Waals surface area contributed by atoms with Gasteiger partial charge in [-0.2, -0.15) is 4.98 Å². The van der Waals surface area contributed by atoms with E-state index in [0.717, 1.165) is 4.57 Å². The molecular formula is C26H24FN3O7.